The van der Waals surface area contributed by atoms with Gasteiger partial charge in [-0.25, -0.2) is 0 Å². The number of ether oxygens (including phenoxy) is 1. The van der Waals surface area contributed by atoms with Crippen LogP contribution in [0.2, 0.25) is 0 Å². The first-order valence-corrected chi connectivity index (χ1v) is 4.90. The maximum atomic E-state index is 12.0. The maximum absolute atomic E-state index is 12.0. The molecule has 1 rings (SSSR count). The molecule has 0 aliphatic rings. The first kappa shape index (κ1) is 13.1. The lowest BCUT2D eigenvalue weighted by molar-refractivity contribution is -0.213. The number of nitrogens with one attached hydrogen (secondary N) is 1. The van der Waals surface area contributed by atoms with Crippen molar-refractivity contribution in [2.24, 2.45) is 0 Å². The number of rotatable bonds is 6. The van der Waals surface area contributed by atoms with Gasteiger partial charge in [0.05, 0.1) is 19.1 Å². The first-order chi connectivity index (χ1) is 7.50. The molecule has 0 aliphatic heterocycles. The molecular weight excluding hydrogens is 223 g/mol. The van der Waals surface area contributed by atoms with Crippen LogP contribution in [0.1, 0.15) is 12.5 Å². The van der Waals surface area contributed by atoms with E-state index >= 15 is 0 Å². The van der Waals surface area contributed by atoms with Crippen molar-refractivity contribution in [3.63, 3.8) is 0 Å². The molecule has 3 nitrogen and oxygen atoms in total. The van der Waals surface area contributed by atoms with Crippen LogP contribution in [-0.4, -0.2) is 25.4 Å². The van der Waals surface area contributed by atoms with Crippen molar-refractivity contribution in [3.05, 3.63) is 24.2 Å². The summed E-state index contributed by atoms with van der Waals surface area (Å²) >= 11 is 0. The van der Waals surface area contributed by atoms with E-state index in [1.807, 2.05) is 0 Å². The second kappa shape index (κ2) is 5.91. The van der Waals surface area contributed by atoms with Crippen LogP contribution >= 0.6 is 0 Å². The molecule has 0 fully saturated rings. The van der Waals surface area contributed by atoms with E-state index in [-0.39, 0.29) is 6.61 Å². The number of alkyl halides is 3. The third-order valence-electron chi connectivity index (χ3n) is 2.02. The lowest BCUT2D eigenvalue weighted by Crippen LogP contribution is -2.31. The Bertz CT molecular complexity index is 285. The number of furan rings is 1. The van der Waals surface area contributed by atoms with E-state index in [0.717, 1.165) is 12.5 Å². The van der Waals surface area contributed by atoms with Crippen molar-refractivity contribution in [2.75, 3.05) is 13.2 Å². The van der Waals surface area contributed by atoms with Crippen LogP contribution in [0.4, 0.5) is 13.2 Å². The summed E-state index contributed by atoms with van der Waals surface area (Å²) in [6.45, 7) is 1.94. The van der Waals surface area contributed by atoms with Crippen LogP contribution in [-0.2, 0) is 11.3 Å². The summed E-state index contributed by atoms with van der Waals surface area (Å²) in [5.74, 6) is 0. The largest absolute Gasteiger partial charge is 0.472 e. The molecule has 0 spiro atoms. The highest BCUT2D eigenvalue weighted by Gasteiger charge is 2.36. The van der Waals surface area contributed by atoms with Gasteiger partial charge >= 0.3 is 6.18 Å². The lowest BCUT2D eigenvalue weighted by atomic mass is 10.3. The highest BCUT2D eigenvalue weighted by Crippen LogP contribution is 2.21. The zero-order valence-electron chi connectivity index (χ0n) is 8.88. The van der Waals surface area contributed by atoms with Crippen molar-refractivity contribution < 1.29 is 22.3 Å². The monoisotopic (exact) mass is 237 g/mol. The van der Waals surface area contributed by atoms with Crippen LogP contribution in [0.25, 0.3) is 0 Å². The molecule has 1 aromatic rings. The molecule has 1 atom stereocenters. The standard InChI is InChI=1S/C10H14F3NO2/c1-8(10(11,12)13)16-5-3-14-6-9-2-4-15-7-9/h2,4,7-8,14H,3,5-6H2,1H3. The molecule has 1 aromatic heterocycles. The minimum Gasteiger partial charge on any atom is -0.472 e. The van der Waals surface area contributed by atoms with Crippen LogP contribution in [0, 0.1) is 0 Å². The Morgan fingerprint density at radius 1 is 1.50 bits per heavy atom. The van der Waals surface area contributed by atoms with E-state index in [1.54, 1.807) is 18.6 Å². The molecule has 0 amide bonds. The van der Waals surface area contributed by atoms with Gasteiger partial charge in [-0.1, -0.05) is 0 Å². The molecule has 1 heterocycles. The van der Waals surface area contributed by atoms with E-state index in [1.165, 1.54) is 0 Å². The Kier molecular flexibility index (Phi) is 4.82. The Labute approximate surface area is 91.6 Å². The van der Waals surface area contributed by atoms with E-state index < -0.39 is 12.3 Å². The average molecular weight is 237 g/mol. The normalized spacial score (nSPS) is 14.0. The average Bonchev–Trinajstić information content (AvgIpc) is 2.68. The fraction of sp³-hybridized carbons (Fsp3) is 0.600. The Hall–Kier alpha value is -1.01. The van der Waals surface area contributed by atoms with Gasteiger partial charge in [0.15, 0.2) is 6.10 Å². The van der Waals surface area contributed by atoms with Crippen molar-refractivity contribution >= 4 is 0 Å². The summed E-state index contributed by atoms with van der Waals surface area (Å²) in [4.78, 5) is 0. The SMILES string of the molecule is CC(OCCNCc1ccoc1)C(F)(F)F. The highest BCUT2D eigenvalue weighted by atomic mass is 19.4. The molecule has 6 heteroatoms. The topological polar surface area (TPSA) is 34.4 Å². The van der Waals surface area contributed by atoms with Gasteiger partial charge < -0.3 is 14.5 Å². The van der Waals surface area contributed by atoms with Crippen molar-refractivity contribution in [1.29, 1.82) is 0 Å². The van der Waals surface area contributed by atoms with E-state index in [0.29, 0.717) is 13.1 Å². The zero-order valence-corrected chi connectivity index (χ0v) is 8.88. The molecule has 92 valence electrons. The van der Waals surface area contributed by atoms with E-state index in [2.05, 4.69) is 10.1 Å². The first-order valence-electron chi connectivity index (χ1n) is 4.90. The molecule has 0 radical (unpaired) electrons. The maximum Gasteiger partial charge on any atom is 0.414 e. The molecule has 0 aliphatic carbocycles. The minimum absolute atomic E-state index is 0.0263. The fourth-order valence-corrected chi connectivity index (χ4v) is 1.03. The molecule has 0 saturated heterocycles. The molecule has 16 heavy (non-hydrogen) atoms. The van der Waals surface area contributed by atoms with Gasteiger partial charge in [-0.05, 0) is 13.0 Å². The zero-order chi connectivity index (χ0) is 12.0. The summed E-state index contributed by atoms with van der Waals surface area (Å²) in [6, 6.07) is 1.78. The molecule has 0 aromatic carbocycles. The minimum atomic E-state index is -4.29. The number of halogens is 3. The second-order valence-electron chi connectivity index (χ2n) is 3.36. The third-order valence-corrected chi connectivity index (χ3v) is 2.02. The van der Waals surface area contributed by atoms with Gasteiger partial charge in [0.25, 0.3) is 0 Å². The fourth-order valence-electron chi connectivity index (χ4n) is 1.03. The van der Waals surface area contributed by atoms with Gasteiger partial charge in [-0.3, -0.25) is 0 Å². The Balaban J connectivity index is 2.04. The number of hydrogen-bond acceptors (Lipinski definition) is 3. The van der Waals surface area contributed by atoms with Gasteiger partial charge in [0.2, 0.25) is 0 Å². The summed E-state index contributed by atoms with van der Waals surface area (Å²) in [5.41, 5.74) is 0.948. The predicted molar refractivity (Wildman–Crippen MR) is 51.9 cm³/mol. The van der Waals surface area contributed by atoms with Crippen molar-refractivity contribution in [1.82, 2.24) is 5.32 Å². The molecule has 1 unspecified atom stereocenters. The summed E-state index contributed by atoms with van der Waals surface area (Å²) in [6.07, 6.45) is -2.89. The smallest absolute Gasteiger partial charge is 0.414 e. The van der Waals surface area contributed by atoms with Gasteiger partial charge in [-0.2, -0.15) is 13.2 Å². The third kappa shape index (κ3) is 4.67. The van der Waals surface area contributed by atoms with Gasteiger partial charge in [0, 0.05) is 18.7 Å². The lowest BCUT2D eigenvalue weighted by Gasteiger charge is -2.16. The Morgan fingerprint density at radius 2 is 2.25 bits per heavy atom. The van der Waals surface area contributed by atoms with Gasteiger partial charge in [0.1, 0.15) is 0 Å². The molecule has 0 bridgehead atoms. The second-order valence-corrected chi connectivity index (χ2v) is 3.36. The Morgan fingerprint density at radius 3 is 2.81 bits per heavy atom. The summed E-state index contributed by atoms with van der Waals surface area (Å²) < 4.78 is 45.5. The van der Waals surface area contributed by atoms with Crippen LogP contribution in [0.3, 0.4) is 0 Å². The van der Waals surface area contributed by atoms with Crippen LogP contribution in [0.5, 0.6) is 0 Å². The van der Waals surface area contributed by atoms with E-state index in [4.69, 9.17) is 4.42 Å². The summed E-state index contributed by atoms with van der Waals surface area (Å²) in [7, 11) is 0. The number of hydrogen-bond donors (Lipinski definition) is 1. The van der Waals surface area contributed by atoms with Crippen LogP contribution < -0.4 is 5.32 Å². The van der Waals surface area contributed by atoms with Gasteiger partial charge in [-0.15, -0.1) is 0 Å². The quantitative estimate of drug-likeness (QED) is 0.771. The van der Waals surface area contributed by atoms with E-state index in [9.17, 15) is 13.2 Å². The van der Waals surface area contributed by atoms with Crippen molar-refractivity contribution in [3.8, 4) is 0 Å². The van der Waals surface area contributed by atoms with Crippen LogP contribution in [0.15, 0.2) is 23.0 Å². The molecule has 1 N–H and O–H groups in total. The highest BCUT2D eigenvalue weighted by molar-refractivity contribution is 5.04. The van der Waals surface area contributed by atoms with Crippen molar-refractivity contribution in [2.45, 2.75) is 25.7 Å². The molecular formula is C10H14F3NO2. The summed E-state index contributed by atoms with van der Waals surface area (Å²) in [5, 5.41) is 2.94. The predicted octanol–water partition coefficient (Wildman–Crippen LogP) is 2.34. The molecule has 0 saturated carbocycles.